The van der Waals surface area contributed by atoms with Crippen LogP contribution in [-0.2, 0) is 9.84 Å². The summed E-state index contributed by atoms with van der Waals surface area (Å²) >= 11 is 0. The topological polar surface area (TPSA) is 67.2 Å². The molecule has 0 atom stereocenters. The van der Waals surface area contributed by atoms with Crippen molar-refractivity contribution in [3.05, 3.63) is 29.8 Å². The standard InChI is InChI=1S/C15H21NO3S/c1-2-3-6-11-20(17,18)12-7-10-19-15-9-5-4-8-14(15)13-16/h4-5,8-9H,2-3,6-7,10-12H2,1H3. The third-order valence-electron chi connectivity index (χ3n) is 2.92. The van der Waals surface area contributed by atoms with Gasteiger partial charge < -0.3 is 4.74 Å². The fraction of sp³-hybridized carbons (Fsp3) is 0.533. The molecule has 0 saturated heterocycles. The van der Waals surface area contributed by atoms with Crippen LogP contribution in [0.2, 0.25) is 0 Å². The zero-order valence-corrected chi connectivity index (χ0v) is 12.7. The van der Waals surface area contributed by atoms with E-state index in [4.69, 9.17) is 10.00 Å². The van der Waals surface area contributed by atoms with Crippen molar-refractivity contribution in [3.8, 4) is 11.8 Å². The van der Waals surface area contributed by atoms with Crippen LogP contribution in [0, 0.1) is 11.3 Å². The van der Waals surface area contributed by atoms with Gasteiger partial charge in [-0.25, -0.2) is 8.42 Å². The number of nitrogens with zero attached hydrogens (tertiary/aromatic N) is 1. The van der Waals surface area contributed by atoms with Crippen LogP contribution in [0.5, 0.6) is 5.75 Å². The molecule has 0 unspecified atom stereocenters. The molecule has 0 N–H and O–H groups in total. The van der Waals surface area contributed by atoms with Gasteiger partial charge in [0.15, 0.2) is 0 Å². The van der Waals surface area contributed by atoms with Crippen LogP contribution in [0.4, 0.5) is 0 Å². The van der Waals surface area contributed by atoms with Gasteiger partial charge in [0.1, 0.15) is 21.7 Å². The Morgan fingerprint density at radius 2 is 1.85 bits per heavy atom. The quantitative estimate of drug-likeness (QED) is 0.657. The minimum absolute atomic E-state index is 0.144. The van der Waals surface area contributed by atoms with E-state index in [1.807, 2.05) is 13.0 Å². The zero-order valence-electron chi connectivity index (χ0n) is 11.8. The second kappa shape index (κ2) is 8.60. The molecule has 1 rings (SSSR count). The van der Waals surface area contributed by atoms with Crippen LogP contribution < -0.4 is 4.74 Å². The first kappa shape index (κ1) is 16.5. The van der Waals surface area contributed by atoms with E-state index in [2.05, 4.69) is 0 Å². The molecular formula is C15H21NO3S. The van der Waals surface area contributed by atoms with Crippen molar-refractivity contribution >= 4 is 9.84 Å². The van der Waals surface area contributed by atoms with Gasteiger partial charge in [0.05, 0.1) is 23.7 Å². The summed E-state index contributed by atoms with van der Waals surface area (Å²) in [5.74, 6) is 0.916. The highest BCUT2D eigenvalue weighted by molar-refractivity contribution is 7.91. The van der Waals surface area contributed by atoms with Gasteiger partial charge in [0.25, 0.3) is 0 Å². The van der Waals surface area contributed by atoms with Gasteiger partial charge in [-0.2, -0.15) is 5.26 Å². The summed E-state index contributed by atoms with van der Waals surface area (Å²) in [5.41, 5.74) is 0.471. The van der Waals surface area contributed by atoms with Gasteiger partial charge in [-0.3, -0.25) is 0 Å². The normalized spacial score (nSPS) is 11.0. The molecule has 0 aliphatic rings. The molecule has 1 aromatic carbocycles. The first-order chi connectivity index (χ1) is 9.59. The number of ether oxygens (including phenoxy) is 1. The molecule has 0 aliphatic carbocycles. The van der Waals surface area contributed by atoms with Crippen molar-refractivity contribution in [2.75, 3.05) is 18.1 Å². The fourth-order valence-electron chi connectivity index (χ4n) is 1.82. The highest BCUT2D eigenvalue weighted by atomic mass is 32.2. The molecule has 0 radical (unpaired) electrons. The Labute approximate surface area is 121 Å². The number of sulfone groups is 1. The molecule has 0 amide bonds. The van der Waals surface area contributed by atoms with Crippen molar-refractivity contribution in [3.63, 3.8) is 0 Å². The van der Waals surface area contributed by atoms with Crippen molar-refractivity contribution < 1.29 is 13.2 Å². The van der Waals surface area contributed by atoms with E-state index < -0.39 is 9.84 Å². The van der Waals surface area contributed by atoms with Crippen LogP contribution in [0.1, 0.15) is 38.2 Å². The average molecular weight is 295 g/mol. The summed E-state index contributed by atoms with van der Waals surface area (Å²) in [6.07, 6.45) is 3.15. The number of hydrogen-bond donors (Lipinski definition) is 0. The highest BCUT2D eigenvalue weighted by Gasteiger charge is 2.10. The maximum atomic E-state index is 11.7. The van der Waals surface area contributed by atoms with Crippen molar-refractivity contribution in [1.82, 2.24) is 0 Å². The van der Waals surface area contributed by atoms with Gasteiger partial charge in [-0.1, -0.05) is 31.9 Å². The Balaban J connectivity index is 2.33. The molecule has 1 aromatic rings. The van der Waals surface area contributed by atoms with E-state index in [1.165, 1.54) is 0 Å². The molecule has 0 aliphatic heterocycles. The maximum Gasteiger partial charge on any atom is 0.150 e. The first-order valence-corrected chi connectivity index (χ1v) is 8.73. The Morgan fingerprint density at radius 1 is 1.15 bits per heavy atom. The Hall–Kier alpha value is -1.54. The van der Waals surface area contributed by atoms with E-state index in [9.17, 15) is 8.42 Å². The number of nitriles is 1. The molecule has 4 nitrogen and oxygen atoms in total. The zero-order chi connectivity index (χ0) is 14.8. The number of unbranched alkanes of at least 4 members (excludes halogenated alkanes) is 2. The molecule has 5 heteroatoms. The lowest BCUT2D eigenvalue weighted by Crippen LogP contribution is -2.14. The van der Waals surface area contributed by atoms with Gasteiger partial charge in [-0.15, -0.1) is 0 Å². The van der Waals surface area contributed by atoms with Crippen LogP contribution in [0.3, 0.4) is 0 Å². The number of hydrogen-bond acceptors (Lipinski definition) is 4. The molecule has 0 saturated carbocycles. The predicted molar refractivity (Wildman–Crippen MR) is 79.4 cm³/mol. The largest absolute Gasteiger partial charge is 0.492 e. The lowest BCUT2D eigenvalue weighted by atomic mass is 10.2. The summed E-state index contributed by atoms with van der Waals surface area (Å²) in [7, 11) is -2.97. The van der Waals surface area contributed by atoms with E-state index in [1.54, 1.807) is 24.3 Å². The average Bonchev–Trinajstić information content (AvgIpc) is 2.44. The Bertz CT molecular complexity index is 546. The van der Waals surface area contributed by atoms with Gasteiger partial charge in [0.2, 0.25) is 0 Å². The Morgan fingerprint density at radius 3 is 2.55 bits per heavy atom. The third-order valence-corrected chi connectivity index (χ3v) is 4.75. The summed E-state index contributed by atoms with van der Waals surface area (Å²) in [4.78, 5) is 0. The SMILES string of the molecule is CCCCCS(=O)(=O)CCCOc1ccccc1C#N. The number of benzene rings is 1. The monoisotopic (exact) mass is 295 g/mol. The number of rotatable bonds is 9. The molecule has 0 heterocycles. The van der Waals surface area contributed by atoms with Gasteiger partial charge >= 0.3 is 0 Å². The smallest absolute Gasteiger partial charge is 0.150 e. The molecule has 0 fully saturated rings. The minimum atomic E-state index is -2.97. The van der Waals surface area contributed by atoms with E-state index >= 15 is 0 Å². The Kier molecular flexibility index (Phi) is 7.10. The summed E-state index contributed by atoms with van der Waals surface area (Å²) < 4.78 is 28.9. The van der Waals surface area contributed by atoms with Crippen LogP contribution in [0.15, 0.2) is 24.3 Å². The third kappa shape index (κ3) is 6.07. The lowest BCUT2D eigenvalue weighted by molar-refractivity contribution is 0.317. The van der Waals surface area contributed by atoms with Crippen LogP contribution in [0.25, 0.3) is 0 Å². The first-order valence-electron chi connectivity index (χ1n) is 6.91. The van der Waals surface area contributed by atoms with Gasteiger partial charge in [-0.05, 0) is 25.0 Å². The van der Waals surface area contributed by atoms with Crippen molar-refractivity contribution in [2.24, 2.45) is 0 Å². The molecule has 0 spiro atoms. The number of para-hydroxylation sites is 1. The second-order valence-electron chi connectivity index (χ2n) is 4.67. The predicted octanol–water partition coefficient (Wildman–Crippen LogP) is 2.93. The molecule has 20 heavy (non-hydrogen) atoms. The molecule has 0 aromatic heterocycles. The van der Waals surface area contributed by atoms with E-state index in [0.717, 1.165) is 19.3 Å². The van der Waals surface area contributed by atoms with E-state index in [0.29, 0.717) is 24.3 Å². The summed E-state index contributed by atoms with van der Waals surface area (Å²) in [5, 5.41) is 8.90. The second-order valence-corrected chi connectivity index (χ2v) is 6.97. The lowest BCUT2D eigenvalue weighted by Gasteiger charge is -2.08. The van der Waals surface area contributed by atoms with Crippen LogP contribution >= 0.6 is 0 Å². The maximum absolute atomic E-state index is 11.7. The molecular weight excluding hydrogens is 274 g/mol. The minimum Gasteiger partial charge on any atom is -0.492 e. The summed E-state index contributed by atoms with van der Waals surface area (Å²) in [6, 6.07) is 8.99. The highest BCUT2D eigenvalue weighted by Crippen LogP contribution is 2.16. The van der Waals surface area contributed by atoms with Crippen LogP contribution in [-0.4, -0.2) is 26.5 Å². The molecule has 110 valence electrons. The molecule has 0 bridgehead atoms. The van der Waals surface area contributed by atoms with Gasteiger partial charge in [0, 0.05) is 0 Å². The fourth-order valence-corrected chi connectivity index (χ4v) is 3.23. The van der Waals surface area contributed by atoms with Crippen molar-refractivity contribution in [1.29, 1.82) is 5.26 Å². The van der Waals surface area contributed by atoms with Crippen molar-refractivity contribution in [2.45, 2.75) is 32.6 Å². The van der Waals surface area contributed by atoms with E-state index in [-0.39, 0.29) is 11.5 Å². The summed E-state index contributed by atoms with van der Waals surface area (Å²) in [6.45, 7) is 2.36.